The molecule has 1 aromatic rings. The van der Waals surface area contributed by atoms with Crippen LogP contribution in [-0.2, 0) is 0 Å². The van der Waals surface area contributed by atoms with Crippen molar-refractivity contribution in [3.8, 4) is 11.5 Å². The van der Waals surface area contributed by atoms with E-state index in [0.717, 1.165) is 0 Å². The van der Waals surface area contributed by atoms with Gasteiger partial charge >= 0.3 is 0 Å². The quantitative estimate of drug-likeness (QED) is 0.782. The van der Waals surface area contributed by atoms with Crippen molar-refractivity contribution in [1.82, 2.24) is 0 Å². The zero-order valence-electron chi connectivity index (χ0n) is 7.23. The summed E-state index contributed by atoms with van der Waals surface area (Å²) in [6.07, 6.45) is 0. The van der Waals surface area contributed by atoms with Gasteiger partial charge in [0, 0.05) is 6.07 Å². The molecule has 0 aliphatic heterocycles. The zero-order valence-corrected chi connectivity index (χ0v) is 8.74. The lowest BCUT2D eigenvalue weighted by Gasteiger charge is -2.11. The number of halogens is 2. The standard InChI is InChI=1S/C8H9Cl2NO2/c1-12-5-3-4(9)6(10)7(11)8(5)13-2/h3H,11H2,1-2H3. The van der Waals surface area contributed by atoms with E-state index in [-0.39, 0.29) is 10.7 Å². The maximum Gasteiger partial charge on any atom is 0.185 e. The van der Waals surface area contributed by atoms with Gasteiger partial charge in [0.05, 0.1) is 30.0 Å². The first-order valence-corrected chi connectivity index (χ1v) is 4.22. The van der Waals surface area contributed by atoms with E-state index in [9.17, 15) is 0 Å². The summed E-state index contributed by atoms with van der Waals surface area (Å²) in [4.78, 5) is 0. The second kappa shape index (κ2) is 3.94. The summed E-state index contributed by atoms with van der Waals surface area (Å²) in [7, 11) is 2.99. The van der Waals surface area contributed by atoms with Crippen LogP contribution in [0, 0.1) is 0 Å². The summed E-state index contributed by atoms with van der Waals surface area (Å²) >= 11 is 11.6. The zero-order chi connectivity index (χ0) is 10.0. The van der Waals surface area contributed by atoms with Gasteiger partial charge in [-0.1, -0.05) is 23.2 Å². The Morgan fingerprint density at radius 3 is 2.31 bits per heavy atom. The van der Waals surface area contributed by atoms with Gasteiger partial charge in [-0.25, -0.2) is 0 Å². The van der Waals surface area contributed by atoms with Gasteiger partial charge in [0.15, 0.2) is 11.5 Å². The van der Waals surface area contributed by atoms with Crippen molar-refractivity contribution >= 4 is 28.9 Å². The fraction of sp³-hybridized carbons (Fsp3) is 0.250. The summed E-state index contributed by atoms with van der Waals surface area (Å²) in [6, 6.07) is 1.55. The van der Waals surface area contributed by atoms with Gasteiger partial charge in [-0.05, 0) is 0 Å². The largest absolute Gasteiger partial charge is 0.493 e. The lowest BCUT2D eigenvalue weighted by molar-refractivity contribution is 0.356. The second-order valence-electron chi connectivity index (χ2n) is 2.32. The molecule has 0 saturated carbocycles. The minimum absolute atomic E-state index is 0.277. The van der Waals surface area contributed by atoms with Gasteiger partial charge in [0.25, 0.3) is 0 Å². The molecule has 1 rings (SSSR count). The topological polar surface area (TPSA) is 44.5 Å². The minimum atomic E-state index is 0.277. The third-order valence-corrected chi connectivity index (χ3v) is 2.40. The molecule has 3 nitrogen and oxygen atoms in total. The SMILES string of the molecule is COc1cc(Cl)c(Cl)c(N)c1OC. The highest BCUT2D eigenvalue weighted by Gasteiger charge is 2.14. The third-order valence-electron chi connectivity index (χ3n) is 1.60. The van der Waals surface area contributed by atoms with Crippen LogP contribution in [0.5, 0.6) is 11.5 Å². The summed E-state index contributed by atoms with van der Waals surface area (Å²) < 4.78 is 10.0. The fourth-order valence-electron chi connectivity index (χ4n) is 0.967. The van der Waals surface area contributed by atoms with E-state index in [4.69, 9.17) is 38.4 Å². The molecule has 0 aromatic heterocycles. The first kappa shape index (κ1) is 10.3. The average molecular weight is 222 g/mol. The highest BCUT2D eigenvalue weighted by molar-refractivity contribution is 6.44. The van der Waals surface area contributed by atoms with Crippen molar-refractivity contribution in [1.29, 1.82) is 0 Å². The number of methoxy groups -OCH3 is 2. The molecule has 0 unspecified atom stereocenters. The third kappa shape index (κ3) is 1.76. The Labute approximate surface area is 86.3 Å². The highest BCUT2D eigenvalue weighted by atomic mass is 35.5. The molecule has 0 saturated heterocycles. The molecule has 0 aliphatic rings. The number of hydrogen-bond donors (Lipinski definition) is 1. The van der Waals surface area contributed by atoms with Crippen molar-refractivity contribution in [2.24, 2.45) is 0 Å². The van der Waals surface area contributed by atoms with Crippen LogP contribution in [0.3, 0.4) is 0 Å². The van der Waals surface area contributed by atoms with Crippen molar-refractivity contribution in [2.75, 3.05) is 20.0 Å². The number of nitrogen functional groups attached to an aromatic ring is 1. The van der Waals surface area contributed by atoms with Crippen LogP contribution in [0.15, 0.2) is 6.07 Å². The number of anilines is 1. The molecule has 13 heavy (non-hydrogen) atoms. The monoisotopic (exact) mass is 221 g/mol. The van der Waals surface area contributed by atoms with Gasteiger partial charge < -0.3 is 15.2 Å². The maximum absolute atomic E-state index is 5.80. The van der Waals surface area contributed by atoms with Crippen LogP contribution < -0.4 is 15.2 Å². The summed E-state index contributed by atoms with van der Waals surface area (Å²) in [6.45, 7) is 0. The van der Waals surface area contributed by atoms with Crippen molar-refractivity contribution in [3.63, 3.8) is 0 Å². The van der Waals surface area contributed by atoms with Crippen LogP contribution in [-0.4, -0.2) is 14.2 Å². The number of ether oxygens (including phenoxy) is 2. The first-order chi connectivity index (χ1) is 6.11. The van der Waals surface area contributed by atoms with E-state index >= 15 is 0 Å². The van der Waals surface area contributed by atoms with Gasteiger partial charge in [0.2, 0.25) is 0 Å². The predicted octanol–water partition coefficient (Wildman–Crippen LogP) is 2.59. The number of nitrogens with two attached hydrogens (primary N) is 1. The maximum atomic E-state index is 5.80. The average Bonchev–Trinajstić information content (AvgIpc) is 2.13. The van der Waals surface area contributed by atoms with Crippen LogP contribution in [0.1, 0.15) is 0 Å². The number of hydrogen-bond acceptors (Lipinski definition) is 3. The molecule has 0 atom stereocenters. The van der Waals surface area contributed by atoms with E-state index < -0.39 is 0 Å². The van der Waals surface area contributed by atoms with Gasteiger partial charge in [-0.3, -0.25) is 0 Å². The number of rotatable bonds is 2. The Morgan fingerprint density at radius 1 is 1.23 bits per heavy atom. The molecular formula is C8H9Cl2NO2. The Hall–Kier alpha value is -0.800. The molecule has 2 N–H and O–H groups in total. The Balaban J connectivity index is 3.39. The molecule has 1 aromatic carbocycles. The normalized spacial score (nSPS) is 9.85. The number of benzene rings is 1. The lowest BCUT2D eigenvalue weighted by Crippen LogP contribution is -1.97. The van der Waals surface area contributed by atoms with Gasteiger partial charge in [-0.2, -0.15) is 0 Å². The second-order valence-corrected chi connectivity index (χ2v) is 3.11. The van der Waals surface area contributed by atoms with Crippen molar-refractivity contribution < 1.29 is 9.47 Å². The molecule has 0 radical (unpaired) electrons. The minimum Gasteiger partial charge on any atom is -0.493 e. The van der Waals surface area contributed by atoms with Gasteiger partial charge in [-0.15, -0.1) is 0 Å². The van der Waals surface area contributed by atoms with Crippen LogP contribution >= 0.6 is 23.2 Å². The highest BCUT2D eigenvalue weighted by Crippen LogP contribution is 2.42. The van der Waals surface area contributed by atoms with Gasteiger partial charge in [0.1, 0.15) is 0 Å². The molecule has 72 valence electrons. The molecule has 0 amide bonds. The van der Waals surface area contributed by atoms with E-state index in [2.05, 4.69) is 0 Å². The van der Waals surface area contributed by atoms with Crippen LogP contribution in [0.4, 0.5) is 5.69 Å². The lowest BCUT2D eigenvalue weighted by atomic mass is 10.2. The van der Waals surface area contributed by atoms with E-state index in [0.29, 0.717) is 16.5 Å². The molecule has 0 spiro atoms. The molecule has 0 aliphatic carbocycles. The smallest absolute Gasteiger partial charge is 0.185 e. The predicted molar refractivity (Wildman–Crippen MR) is 54.0 cm³/mol. The van der Waals surface area contributed by atoms with Crippen molar-refractivity contribution in [3.05, 3.63) is 16.1 Å². The molecule has 5 heteroatoms. The Kier molecular flexibility index (Phi) is 3.12. The van der Waals surface area contributed by atoms with Crippen LogP contribution in [0.2, 0.25) is 10.0 Å². The van der Waals surface area contributed by atoms with E-state index in [1.165, 1.54) is 14.2 Å². The van der Waals surface area contributed by atoms with Crippen LogP contribution in [0.25, 0.3) is 0 Å². The van der Waals surface area contributed by atoms with Crippen molar-refractivity contribution in [2.45, 2.75) is 0 Å². The fourth-order valence-corrected chi connectivity index (χ4v) is 1.31. The molecule has 0 fully saturated rings. The Morgan fingerprint density at radius 2 is 1.85 bits per heavy atom. The molecule has 0 heterocycles. The Bertz CT molecular complexity index is 328. The summed E-state index contributed by atoms with van der Waals surface area (Å²) in [5.41, 5.74) is 5.93. The summed E-state index contributed by atoms with van der Waals surface area (Å²) in [5, 5.41) is 0.621. The van der Waals surface area contributed by atoms with E-state index in [1.807, 2.05) is 0 Å². The molecule has 0 bridgehead atoms. The first-order valence-electron chi connectivity index (χ1n) is 3.47. The molecular weight excluding hydrogens is 213 g/mol. The van der Waals surface area contributed by atoms with E-state index in [1.54, 1.807) is 6.07 Å². The summed E-state index contributed by atoms with van der Waals surface area (Å²) in [5.74, 6) is 0.867.